The number of rotatable bonds is 13. The van der Waals surface area contributed by atoms with Crippen molar-refractivity contribution in [2.75, 3.05) is 0 Å². The van der Waals surface area contributed by atoms with Crippen molar-refractivity contribution in [1.29, 1.82) is 0 Å². The average Bonchev–Trinajstić information content (AvgIpc) is 2.30. The van der Waals surface area contributed by atoms with Gasteiger partial charge in [0.05, 0.1) is 0 Å². The molecule has 0 aliphatic rings. The van der Waals surface area contributed by atoms with Crippen LogP contribution in [0.3, 0.4) is 0 Å². The summed E-state index contributed by atoms with van der Waals surface area (Å²) in [5.74, 6) is -0.655. The molecule has 0 rings (SSSR count). The molecule has 0 bridgehead atoms. The Hall–Kier alpha value is 0.236. The van der Waals surface area contributed by atoms with Gasteiger partial charge in [-0.15, -0.1) is 0 Å². The van der Waals surface area contributed by atoms with Gasteiger partial charge in [-0.1, -0.05) is 77.6 Å². The Morgan fingerprint density at radius 2 is 1.11 bits per heavy atom. The Balaban J connectivity index is -0.000000427. The fourth-order valence-corrected chi connectivity index (χ4v) is 2.12. The van der Waals surface area contributed by atoms with Crippen LogP contribution in [0.5, 0.6) is 0 Å². The molecule has 106 valence electrons. The van der Waals surface area contributed by atoms with E-state index in [1.54, 1.807) is 0 Å². The molecule has 0 radical (unpaired) electrons. The van der Waals surface area contributed by atoms with Crippen LogP contribution in [0.1, 0.15) is 93.2 Å². The number of hydrogen-bond donors (Lipinski definition) is 1. The van der Waals surface area contributed by atoms with E-state index in [1.165, 1.54) is 64.2 Å². The molecule has 0 aromatic heterocycles. The van der Waals surface area contributed by atoms with Crippen molar-refractivity contribution in [2.45, 2.75) is 90.4 Å². The third-order valence-electron chi connectivity index (χ3n) is 3.24. The normalized spacial score (nSPS) is 10.1. The van der Waals surface area contributed by atoms with E-state index in [0.29, 0.717) is 6.42 Å². The zero-order chi connectivity index (χ0) is 12.8. The van der Waals surface area contributed by atoms with Crippen LogP contribution in [0.25, 0.3) is 0 Å². The Labute approximate surface area is 132 Å². The predicted molar refractivity (Wildman–Crippen MR) is 81.3 cm³/mol. The Bertz CT molecular complexity index is 181. The first kappa shape index (κ1) is 20.6. The minimum absolute atomic E-state index is 0. The second-order valence-electron chi connectivity index (χ2n) is 5.03. The maximum Gasteiger partial charge on any atom is 2.00 e. The number of carboxylic acid groups (broad SMARTS) is 1. The molecule has 0 heterocycles. The zero-order valence-electron chi connectivity index (χ0n) is 14.3. The molecule has 2 nitrogen and oxygen atoms in total. The summed E-state index contributed by atoms with van der Waals surface area (Å²) in [5.41, 5.74) is 0. The van der Waals surface area contributed by atoms with Gasteiger partial charge in [0, 0.05) is 6.42 Å². The van der Waals surface area contributed by atoms with Crippen LogP contribution in [0, 0.1) is 0 Å². The van der Waals surface area contributed by atoms with Crippen LogP contribution in [-0.2, 0) is 4.79 Å². The first-order valence-electron chi connectivity index (χ1n) is 7.49. The molecular formula is C15H32MgO2. The fourth-order valence-electron chi connectivity index (χ4n) is 2.12. The van der Waals surface area contributed by atoms with Gasteiger partial charge in [-0.05, 0) is 6.42 Å². The fraction of sp³-hybridized carbons (Fsp3) is 0.933. The summed E-state index contributed by atoms with van der Waals surface area (Å²) in [6.07, 6.45) is 15.8. The molecule has 0 saturated carbocycles. The molecule has 0 spiro atoms. The van der Waals surface area contributed by atoms with E-state index >= 15 is 0 Å². The topological polar surface area (TPSA) is 37.3 Å². The third-order valence-corrected chi connectivity index (χ3v) is 3.24. The molecule has 0 unspecified atom stereocenters. The van der Waals surface area contributed by atoms with Crippen LogP contribution in [0.2, 0.25) is 0 Å². The molecule has 0 saturated heterocycles. The Kier molecular flexibility index (Phi) is 19.7. The van der Waals surface area contributed by atoms with Crippen molar-refractivity contribution in [3.05, 3.63) is 0 Å². The van der Waals surface area contributed by atoms with E-state index in [0.717, 1.165) is 12.8 Å². The van der Waals surface area contributed by atoms with Crippen molar-refractivity contribution in [3.8, 4) is 0 Å². The van der Waals surface area contributed by atoms with Crippen molar-refractivity contribution in [3.63, 3.8) is 0 Å². The summed E-state index contributed by atoms with van der Waals surface area (Å²) in [7, 11) is 0. The van der Waals surface area contributed by atoms with Crippen molar-refractivity contribution >= 4 is 29.0 Å². The molecule has 0 atom stereocenters. The van der Waals surface area contributed by atoms with Gasteiger partial charge in [-0.25, -0.2) is 0 Å². The van der Waals surface area contributed by atoms with Gasteiger partial charge in [0.25, 0.3) is 0 Å². The standard InChI is InChI=1S/C15H30O2.Mg.2H/c1-2-3-4-5-6-7-8-9-10-11-12-13-14-15(16)17;;;/h2-14H2,1H3,(H,16,17);;;/q;+2;2*-1. The Morgan fingerprint density at radius 1 is 0.778 bits per heavy atom. The first-order valence-corrected chi connectivity index (χ1v) is 7.49. The van der Waals surface area contributed by atoms with Gasteiger partial charge in [-0.2, -0.15) is 0 Å². The largest absolute Gasteiger partial charge is 2.00 e. The SMILES string of the molecule is CCCCCCCCCCCCCCC(=O)O.[H-].[H-].[Mg+2]. The molecule has 0 aromatic carbocycles. The van der Waals surface area contributed by atoms with E-state index in [9.17, 15) is 4.79 Å². The number of aliphatic carboxylic acids is 1. The summed E-state index contributed by atoms with van der Waals surface area (Å²) in [6, 6.07) is 0. The maximum atomic E-state index is 10.3. The third kappa shape index (κ3) is 18.6. The van der Waals surface area contributed by atoms with Gasteiger partial charge in [0.2, 0.25) is 0 Å². The second-order valence-corrected chi connectivity index (χ2v) is 5.03. The quantitative estimate of drug-likeness (QED) is 0.377. The number of carboxylic acids is 1. The van der Waals surface area contributed by atoms with E-state index in [1.807, 2.05) is 0 Å². The van der Waals surface area contributed by atoms with Crippen LogP contribution in [0.4, 0.5) is 0 Å². The minimum Gasteiger partial charge on any atom is -1.00 e. The Morgan fingerprint density at radius 3 is 1.44 bits per heavy atom. The van der Waals surface area contributed by atoms with Crippen LogP contribution in [0.15, 0.2) is 0 Å². The summed E-state index contributed by atoms with van der Waals surface area (Å²) >= 11 is 0. The zero-order valence-corrected chi connectivity index (χ0v) is 13.7. The van der Waals surface area contributed by atoms with Crippen LogP contribution < -0.4 is 0 Å². The summed E-state index contributed by atoms with van der Waals surface area (Å²) in [5, 5.41) is 8.47. The summed E-state index contributed by atoms with van der Waals surface area (Å²) < 4.78 is 0. The molecule has 3 heteroatoms. The molecule has 0 aromatic rings. The molecule has 0 fully saturated rings. The van der Waals surface area contributed by atoms with E-state index in [4.69, 9.17) is 5.11 Å². The van der Waals surface area contributed by atoms with E-state index in [-0.39, 0.29) is 25.9 Å². The monoisotopic (exact) mass is 268 g/mol. The van der Waals surface area contributed by atoms with Crippen molar-refractivity contribution in [1.82, 2.24) is 0 Å². The predicted octanol–water partition coefficient (Wildman–Crippen LogP) is 5.01. The minimum atomic E-state index is -0.655. The van der Waals surface area contributed by atoms with Gasteiger partial charge in [0.1, 0.15) is 0 Å². The number of carbonyl (C=O) groups is 1. The molecule has 0 amide bonds. The van der Waals surface area contributed by atoms with Gasteiger partial charge < -0.3 is 7.96 Å². The van der Waals surface area contributed by atoms with Crippen LogP contribution >= 0.6 is 0 Å². The molecule has 0 aliphatic carbocycles. The summed E-state index contributed by atoms with van der Waals surface area (Å²) in [4.78, 5) is 10.3. The molecule has 0 aliphatic heterocycles. The van der Waals surface area contributed by atoms with Gasteiger partial charge in [-0.3, -0.25) is 4.79 Å². The van der Waals surface area contributed by atoms with Gasteiger partial charge >= 0.3 is 29.0 Å². The average molecular weight is 269 g/mol. The molecule has 18 heavy (non-hydrogen) atoms. The first-order chi connectivity index (χ1) is 8.27. The molecular weight excluding hydrogens is 236 g/mol. The summed E-state index contributed by atoms with van der Waals surface area (Å²) in [6.45, 7) is 2.25. The molecule has 1 N–H and O–H groups in total. The second kappa shape index (κ2) is 17.2. The van der Waals surface area contributed by atoms with Crippen molar-refractivity contribution in [2.24, 2.45) is 0 Å². The van der Waals surface area contributed by atoms with E-state index < -0.39 is 5.97 Å². The van der Waals surface area contributed by atoms with E-state index in [2.05, 4.69) is 6.92 Å². The van der Waals surface area contributed by atoms with Gasteiger partial charge in [0.15, 0.2) is 0 Å². The van der Waals surface area contributed by atoms with Crippen LogP contribution in [-0.4, -0.2) is 34.1 Å². The smallest absolute Gasteiger partial charge is 1.00 e. The number of unbranched alkanes of at least 4 members (excludes halogenated alkanes) is 11. The maximum absolute atomic E-state index is 10.3. The number of hydrogen-bond acceptors (Lipinski definition) is 1. The van der Waals surface area contributed by atoms with Crippen molar-refractivity contribution < 1.29 is 12.8 Å².